The first-order valence-electron chi connectivity index (χ1n) is 21.7. The number of hydrogen-bond acceptors (Lipinski definition) is 3. The fourth-order valence-corrected chi connectivity index (χ4v) is 9.98. The van der Waals surface area contributed by atoms with Crippen LogP contribution in [0.3, 0.4) is 0 Å². The van der Waals surface area contributed by atoms with E-state index in [0.717, 1.165) is 39.3 Å². The summed E-state index contributed by atoms with van der Waals surface area (Å²) >= 11 is 0. The van der Waals surface area contributed by atoms with Gasteiger partial charge in [0, 0.05) is 66.1 Å². The first kappa shape index (κ1) is 36.1. The number of rotatable bonds is 6. The van der Waals surface area contributed by atoms with Crippen LogP contribution in [0, 0.1) is 6.92 Å². The van der Waals surface area contributed by atoms with Crippen molar-refractivity contribution in [1.82, 2.24) is 28.7 Å². The fraction of sp³-hybridized carbons (Fsp3) is 0.0172. The Morgan fingerprint density at radius 1 is 0.297 bits per heavy atom. The highest BCUT2D eigenvalue weighted by molar-refractivity contribution is 6.16. The second-order valence-corrected chi connectivity index (χ2v) is 16.5. The summed E-state index contributed by atoms with van der Waals surface area (Å²) in [6, 6.07) is 76.2. The zero-order valence-corrected chi connectivity index (χ0v) is 34.9. The second-order valence-electron chi connectivity index (χ2n) is 16.5. The van der Waals surface area contributed by atoms with Crippen molar-refractivity contribution in [3.05, 3.63) is 218 Å². The highest BCUT2D eigenvalue weighted by Gasteiger charge is 2.20. The molecule has 13 rings (SSSR count). The molecule has 0 fully saturated rings. The van der Waals surface area contributed by atoms with Gasteiger partial charge >= 0.3 is 0 Å². The van der Waals surface area contributed by atoms with Crippen molar-refractivity contribution in [3.63, 3.8) is 0 Å². The van der Waals surface area contributed by atoms with Crippen molar-refractivity contribution in [2.75, 3.05) is 0 Å². The Balaban J connectivity index is 0.965. The third kappa shape index (κ3) is 5.56. The molecule has 0 unspecified atom stereocenters. The average molecular weight is 819 g/mol. The Bertz CT molecular complexity index is 3950. The van der Waals surface area contributed by atoms with Crippen LogP contribution in [0.5, 0.6) is 0 Å². The lowest BCUT2D eigenvalue weighted by atomic mass is 10.00. The summed E-state index contributed by atoms with van der Waals surface area (Å²) in [4.78, 5) is 14.3. The van der Waals surface area contributed by atoms with Gasteiger partial charge in [0.2, 0.25) is 0 Å². The molecule has 0 radical (unpaired) electrons. The van der Waals surface area contributed by atoms with Crippen molar-refractivity contribution in [2.45, 2.75) is 6.92 Å². The van der Waals surface area contributed by atoms with E-state index in [1.807, 2.05) is 37.3 Å². The molecule has 300 valence electrons. The first-order valence-corrected chi connectivity index (χ1v) is 21.7. The van der Waals surface area contributed by atoms with Crippen LogP contribution >= 0.6 is 0 Å². The maximum atomic E-state index is 4.89. The van der Waals surface area contributed by atoms with Crippen molar-refractivity contribution in [3.8, 4) is 51.0 Å². The molecule has 0 N–H and O–H groups in total. The largest absolute Gasteiger partial charge is 0.309 e. The van der Waals surface area contributed by atoms with Gasteiger partial charge in [-0.25, -0.2) is 15.0 Å². The van der Waals surface area contributed by atoms with Crippen molar-refractivity contribution < 1.29 is 0 Å². The standard InChI is InChI=1S/C58H38N6/c1-37-59-57(38-15-4-2-5-16-38)61-58(60-37)39-27-30-42(31-28-39)64-53-26-13-8-19-45(53)48-23-14-22-44(56(48)64)40-29-33-54-49(35-40)46-20-9-12-25-52(46)63(54)43-32-34-55-50(36-43)47-21-10-11-24-51(47)62(55)41-17-6-3-7-18-41/h2-36H,1H3. The molecule has 4 heterocycles. The minimum absolute atomic E-state index is 0.659. The maximum absolute atomic E-state index is 4.89. The Morgan fingerprint density at radius 2 is 0.750 bits per heavy atom. The summed E-state index contributed by atoms with van der Waals surface area (Å²) in [6.07, 6.45) is 0. The van der Waals surface area contributed by atoms with E-state index in [4.69, 9.17) is 9.97 Å². The predicted molar refractivity (Wildman–Crippen MR) is 264 cm³/mol. The summed E-state index contributed by atoms with van der Waals surface area (Å²) < 4.78 is 7.21. The van der Waals surface area contributed by atoms with Gasteiger partial charge < -0.3 is 13.7 Å². The van der Waals surface area contributed by atoms with Gasteiger partial charge in [0.05, 0.1) is 33.1 Å². The van der Waals surface area contributed by atoms with Gasteiger partial charge in [-0.2, -0.15) is 0 Å². The van der Waals surface area contributed by atoms with Crippen LogP contribution in [0.1, 0.15) is 5.82 Å². The smallest absolute Gasteiger partial charge is 0.163 e. The van der Waals surface area contributed by atoms with Gasteiger partial charge in [-0.1, -0.05) is 127 Å². The Morgan fingerprint density at radius 3 is 1.42 bits per heavy atom. The number of benzene rings is 9. The molecule has 0 saturated heterocycles. The number of aryl methyl sites for hydroxylation is 1. The molecule has 4 aromatic heterocycles. The summed E-state index contributed by atoms with van der Waals surface area (Å²) in [5, 5.41) is 7.33. The van der Waals surface area contributed by atoms with Gasteiger partial charge in [-0.15, -0.1) is 0 Å². The Kier molecular flexibility index (Phi) is 8.02. The van der Waals surface area contributed by atoms with Crippen molar-refractivity contribution in [2.24, 2.45) is 0 Å². The number of nitrogens with zero attached hydrogens (tertiary/aromatic N) is 6. The van der Waals surface area contributed by atoms with Crippen LogP contribution in [-0.4, -0.2) is 28.7 Å². The monoisotopic (exact) mass is 818 g/mol. The molecule has 0 saturated carbocycles. The van der Waals surface area contributed by atoms with Crippen molar-refractivity contribution >= 4 is 65.4 Å². The molecule has 0 amide bonds. The molecule has 0 atom stereocenters. The van der Waals surface area contributed by atoms with Crippen LogP contribution in [-0.2, 0) is 0 Å². The summed E-state index contributed by atoms with van der Waals surface area (Å²) in [5.74, 6) is 2.02. The zero-order valence-electron chi connectivity index (χ0n) is 34.9. The molecule has 0 aliphatic carbocycles. The fourth-order valence-electron chi connectivity index (χ4n) is 9.98. The van der Waals surface area contributed by atoms with Gasteiger partial charge in [0.1, 0.15) is 5.82 Å². The van der Waals surface area contributed by atoms with Crippen LogP contribution in [0.25, 0.3) is 116 Å². The van der Waals surface area contributed by atoms with Gasteiger partial charge in [-0.3, -0.25) is 0 Å². The van der Waals surface area contributed by atoms with Crippen LogP contribution in [0.15, 0.2) is 212 Å². The molecule has 0 aliphatic heterocycles. The lowest BCUT2D eigenvalue weighted by Crippen LogP contribution is -2.00. The molecule has 64 heavy (non-hydrogen) atoms. The normalized spacial score (nSPS) is 11.8. The van der Waals surface area contributed by atoms with Crippen molar-refractivity contribution in [1.29, 1.82) is 0 Å². The number of hydrogen-bond donors (Lipinski definition) is 0. The van der Waals surface area contributed by atoms with Crippen LogP contribution in [0.2, 0.25) is 0 Å². The Labute approximate surface area is 368 Å². The summed E-state index contributed by atoms with van der Waals surface area (Å²) in [5.41, 5.74) is 14.7. The van der Waals surface area contributed by atoms with Gasteiger partial charge in [0.15, 0.2) is 11.6 Å². The summed E-state index contributed by atoms with van der Waals surface area (Å²) in [6.45, 7) is 1.92. The van der Waals surface area contributed by atoms with E-state index in [2.05, 4.69) is 201 Å². The van der Waals surface area contributed by atoms with Gasteiger partial charge in [-0.05, 0) is 97.4 Å². The lowest BCUT2D eigenvalue weighted by Gasteiger charge is -2.13. The number of fused-ring (bicyclic) bond motifs is 9. The average Bonchev–Trinajstić information content (AvgIpc) is 4.00. The second kappa shape index (κ2) is 14.2. The number of aromatic nitrogens is 6. The van der Waals surface area contributed by atoms with E-state index in [-0.39, 0.29) is 0 Å². The minimum atomic E-state index is 0.659. The molecule has 13 aromatic rings. The molecule has 9 aromatic carbocycles. The van der Waals surface area contributed by atoms with E-state index < -0.39 is 0 Å². The molecule has 6 heteroatoms. The highest BCUT2D eigenvalue weighted by Crippen LogP contribution is 2.42. The minimum Gasteiger partial charge on any atom is -0.309 e. The van der Waals surface area contributed by atoms with Crippen LogP contribution in [0.4, 0.5) is 0 Å². The zero-order chi connectivity index (χ0) is 42.3. The Hall–Kier alpha value is -8.61. The third-order valence-corrected chi connectivity index (χ3v) is 12.8. The predicted octanol–water partition coefficient (Wildman–Crippen LogP) is 14.5. The quantitative estimate of drug-likeness (QED) is 0.168. The van der Waals surface area contributed by atoms with E-state index in [1.165, 1.54) is 65.5 Å². The van der Waals surface area contributed by atoms with Crippen LogP contribution < -0.4 is 0 Å². The molecule has 0 bridgehead atoms. The maximum Gasteiger partial charge on any atom is 0.163 e. The lowest BCUT2D eigenvalue weighted by molar-refractivity contribution is 0.991. The topological polar surface area (TPSA) is 53.5 Å². The third-order valence-electron chi connectivity index (χ3n) is 12.8. The molecule has 6 nitrogen and oxygen atoms in total. The number of para-hydroxylation sites is 5. The molecular weight excluding hydrogens is 781 g/mol. The summed E-state index contributed by atoms with van der Waals surface area (Å²) in [7, 11) is 0. The molecule has 0 aliphatic rings. The first-order chi connectivity index (χ1) is 31.7. The molecular formula is C58H38N6. The van der Waals surface area contributed by atoms with E-state index in [0.29, 0.717) is 17.5 Å². The van der Waals surface area contributed by atoms with E-state index in [9.17, 15) is 0 Å². The highest BCUT2D eigenvalue weighted by atomic mass is 15.0. The molecule has 0 spiro atoms. The van der Waals surface area contributed by atoms with E-state index in [1.54, 1.807) is 0 Å². The SMILES string of the molecule is Cc1nc(-c2ccccc2)nc(-c2ccc(-n3c4ccccc4c4cccc(-c5ccc6c(c5)c5ccccc5n6-c5ccc6c(c5)c5ccccc5n6-c5ccccc5)c43)cc2)n1. The van der Waals surface area contributed by atoms with Gasteiger partial charge in [0.25, 0.3) is 0 Å². The van der Waals surface area contributed by atoms with E-state index >= 15 is 0 Å².